The summed E-state index contributed by atoms with van der Waals surface area (Å²) in [5.41, 5.74) is 2.57. The second kappa shape index (κ2) is 5.17. The molecule has 1 unspecified atom stereocenters. The quantitative estimate of drug-likeness (QED) is 0.787. The Kier molecular flexibility index (Phi) is 3.62. The van der Waals surface area contributed by atoms with Crippen LogP contribution in [0.25, 0.3) is 0 Å². The van der Waals surface area contributed by atoms with Gasteiger partial charge in [0.1, 0.15) is 0 Å². The van der Waals surface area contributed by atoms with Crippen LogP contribution in [0.2, 0.25) is 0 Å². The third-order valence-electron chi connectivity index (χ3n) is 3.06. The molecule has 2 N–H and O–H groups in total. The summed E-state index contributed by atoms with van der Waals surface area (Å²) in [6, 6.07) is 8.58. The number of rotatable bonds is 4. The minimum atomic E-state index is 0.877. The fourth-order valence-corrected chi connectivity index (χ4v) is 2.14. The Hall–Kier alpha value is -1.02. The number of hydrogen-bond acceptors (Lipinski definition) is 2. The predicted molar refractivity (Wildman–Crippen MR) is 65.3 cm³/mol. The van der Waals surface area contributed by atoms with E-state index in [0.717, 1.165) is 12.5 Å². The van der Waals surface area contributed by atoms with Gasteiger partial charge in [-0.2, -0.15) is 0 Å². The van der Waals surface area contributed by atoms with Gasteiger partial charge in [-0.05, 0) is 56.5 Å². The van der Waals surface area contributed by atoms with Crippen LogP contribution in [0.15, 0.2) is 24.3 Å². The van der Waals surface area contributed by atoms with Gasteiger partial charge >= 0.3 is 0 Å². The fourth-order valence-electron chi connectivity index (χ4n) is 2.14. The Morgan fingerprint density at radius 3 is 3.13 bits per heavy atom. The molecule has 0 aromatic heterocycles. The third-order valence-corrected chi connectivity index (χ3v) is 3.06. The van der Waals surface area contributed by atoms with Crippen molar-refractivity contribution in [2.45, 2.75) is 19.8 Å². The van der Waals surface area contributed by atoms with Crippen LogP contribution in [-0.4, -0.2) is 19.6 Å². The van der Waals surface area contributed by atoms with E-state index in [1.165, 1.54) is 37.2 Å². The lowest BCUT2D eigenvalue weighted by atomic mass is 10.1. The highest BCUT2D eigenvalue weighted by atomic mass is 14.9. The molecule has 1 aromatic carbocycles. The SMILES string of the molecule is Cc1cccc(NCCC2CCNC2)c1. The maximum Gasteiger partial charge on any atom is 0.0342 e. The molecule has 0 spiro atoms. The van der Waals surface area contributed by atoms with E-state index in [1.807, 2.05) is 0 Å². The molecule has 0 bridgehead atoms. The van der Waals surface area contributed by atoms with Crippen molar-refractivity contribution in [1.82, 2.24) is 5.32 Å². The lowest BCUT2D eigenvalue weighted by molar-refractivity contribution is 0.549. The number of benzene rings is 1. The van der Waals surface area contributed by atoms with Crippen molar-refractivity contribution in [2.75, 3.05) is 25.0 Å². The zero-order valence-electron chi connectivity index (χ0n) is 9.42. The molecule has 2 rings (SSSR count). The average molecular weight is 204 g/mol. The van der Waals surface area contributed by atoms with Crippen molar-refractivity contribution >= 4 is 5.69 Å². The molecule has 82 valence electrons. The van der Waals surface area contributed by atoms with Crippen LogP contribution in [0.1, 0.15) is 18.4 Å². The molecule has 2 heteroatoms. The second-order valence-electron chi connectivity index (χ2n) is 4.44. The van der Waals surface area contributed by atoms with Crippen molar-refractivity contribution in [3.63, 3.8) is 0 Å². The predicted octanol–water partition coefficient (Wildman–Crippen LogP) is 2.41. The molecule has 0 aliphatic carbocycles. The summed E-state index contributed by atoms with van der Waals surface area (Å²) in [6.45, 7) is 5.63. The minimum absolute atomic E-state index is 0.877. The number of aryl methyl sites for hydroxylation is 1. The molecule has 1 aliphatic heterocycles. The van der Waals surface area contributed by atoms with Gasteiger partial charge in [0.2, 0.25) is 0 Å². The van der Waals surface area contributed by atoms with Gasteiger partial charge in [0, 0.05) is 12.2 Å². The molecule has 0 amide bonds. The third kappa shape index (κ3) is 3.24. The first-order valence-electron chi connectivity index (χ1n) is 5.86. The van der Waals surface area contributed by atoms with Crippen LogP contribution in [0.5, 0.6) is 0 Å². The molecule has 0 radical (unpaired) electrons. The summed E-state index contributed by atoms with van der Waals surface area (Å²) >= 11 is 0. The first-order valence-corrected chi connectivity index (χ1v) is 5.86. The van der Waals surface area contributed by atoms with Gasteiger partial charge in [-0.1, -0.05) is 12.1 Å². The van der Waals surface area contributed by atoms with Gasteiger partial charge in [-0.15, -0.1) is 0 Å². The Balaban J connectivity index is 1.73. The molecule has 1 aromatic rings. The molecule has 0 saturated carbocycles. The molecule has 1 saturated heterocycles. The summed E-state index contributed by atoms with van der Waals surface area (Å²) in [7, 11) is 0. The van der Waals surface area contributed by atoms with E-state index in [9.17, 15) is 0 Å². The zero-order valence-corrected chi connectivity index (χ0v) is 9.42. The molecule has 1 atom stereocenters. The minimum Gasteiger partial charge on any atom is -0.385 e. The van der Waals surface area contributed by atoms with E-state index in [-0.39, 0.29) is 0 Å². The molecule has 1 fully saturated rings. The number of anilines is 1. The van der Waals surface area contributed by atoms with E-state index in [1.54, 1.807) is 0 Å². The van der Waals surface area contributed by atoms with E-state index in [0.29, 0.717) is 0 Å². The van der Waals surface area contributed by atoms with Crippen LogP contribution >= 0.6 is 0 Å². The Bertz CT molecular complexity index is 303. The topological polar surface area (TPSA) is 24.1 Å². The summed E-state index contributed by atoms with van der Waals surface area (Å²) in [6.07, 6.45) is 2.62. The van der Waals surface area contributed by atoms with Crippen LogP contribution < -0.4 is 10.6 Å². The second-order valence-corrected chi connectivity index (χ2v) is 4.44. The highest BCUT2D eigenvalue weighted by molar-refractivity contribution is 5.45. The van der Waals surface area contributed by atoms with Crippen molar-refractivity contribution < 1.29 is 0 Å². The largest absolute Gasteiger partial charge is 0.385 e. The number of nitrogens with one attached hydrogen (secondary N) is 2. The van der Waals surface area contributed by atoms with Gasteiger partial charge < -0.3 is 10.6 Å². The first kappa shape index (κ1) is 10.5. The molecular formula is C13H20N2. The lowest BCUT2D eigenvalue weighted by Crippen LogP contribution is -2.12. The van der Waals surface area contributed by atoms with Gasteiger partial charge in [-0.25, -0.2) is 0 Å². The molecule has 1 heterocycles. The van der Waals surface area contributed by atoms with E-state index < -0.39 is 0 Å². The average Bonchev–Trinajstić information content (AvgIpc) is 2.71. The van der Waals surface area contributed by atoms with E-state index >= 15 is 0 Å². The molecule has 2 nitrogen and oxygen atoms in total. The van der Waals surface area contributed by atoms with E-state index in [2.05, 4.69) is 41.8 Å². The monoisotopic (exact) mass is 204 g/mol. The summed E-state index contributed by atoms with van der Waals surface area (Å²) in [5, 5.41) is 6.89. The first-order chi connectivity index (χ1) is 7.34. The van der Waals surface area contributed by atoms with Gasteiger partial charge in [0.25, 0.3) is 0 Å². The van der Waals surface area contributed by atoms with Gasteiger partial charge in [-0.3, -0.25) is 0 Å². The smallest absolute Gasteiger partial charge is 0.0342 e. The van der Waals surface area contributed by atoms with Gasteiger partial charge in [0.15, 0.2) is 0 Å². The zero-order chi connectivity index (χ0) is 10.5. The normalized spacial score (nSPS) is 20.5. The molecule has 1 aliphatic rings. The van der Waals surface area contributed by atoms with Crippen LogP contribution in [0.3, 0.4) is 0 Å². The summed E-state index contributed by atoms with van der Waals surface area (Å²) < 4.78 is 0. The standard InChI is InChI=1S/C13H20N2/c1-11-3-2-4-13(9-11)15-8-6-12-5-7-14-10-12/h2-4,9,12,14-15H,5-8,10H2,1H3. The molecular weight excluding hydrogens is 184 g/mol. The Labute approximate surface area is 92.1 Å². The maximum absolute atomic E-state index is 3.48. The van der Waals surface area contributed by atoms with Crippen molar-refractivity contribution in [3.8, 4) is 0 Å². The van der Waals surface area contributed by atoms with Crippen molar-refractivity contribution in [1.29, 1.82) is 0 Å². The van der Waals surface area contributed by atoms with Crippen LogP contribution in [0, 0.1) is 12.8 Å². The lowest BCUT2D eigenvalue weighted by Gasteiger charge is -2.10. The number of hydrogen-bond donors (Lipinski definition) is 2. The highest BCUT2D eigenvalue weighted by Gasteiger charge is 2.13. The Morgan fingerprint density at radius 2 is 2.40 bits per heavy atom. The molecule has 15 heavy (non-hydrogen) atoms. The summed E-state index contributed by atoms with van der Waals surface area (Å²) in [4.78, 5) is 0. The van der Waals surface area contributed by atoms with Crippen molar-refractivity contribution in [2.24, 2.45) is 5.92 Å². The van der Waals surface area contributed by atoms with Crippen LogP contribution in [-0.2, 0) is 0 Å². The Morgan fingerprint density at radius 1 is 1.47 bits per heavy atom. The van der Waals surface area contributed by atoms with Crippen molar-refractivity contribution in [3.05, 3.63) is 29.8 Å². The highest BCUT2D eigenvalue weighted by Crippen LogP contribution is 2.14. The van der Waals surface area contributed by atoms with Crippen LogP contribution in [0.4, 0.5) is 5.69 Å². The maximum atomic E-state index is 3.48. The van der Waals surface area contributed by atoms with Gasteiger partial charge in [0.05, 0.1) is 0 Å². The van der Waals surface area contributed by atoms with E-state index in [4.69, 9.17) is 0 Å². The fraction of sp³-hybridized carbons (Fsp3) is 0.538. The summed E-state index contributed by atoms with van der Waals surface area (Å²) in [5.74, 6) is 0.877.